The van der Waals surface area contributed by atoms with E-state index in [1.807, 2.05) is 0 Å². The summed E-state index contributed by atoms with van der Waals surface area (Å²) in [6, 6.07) is 0. The van der Waals surface area contributed by atoms with Crippen molar-refractivity contribution in [2.45, 2.75) is 0 Å². The molecular weight excluding hydrogens is 168 g/mol. The first kappa shape index (κ1) is 7.79. The summed E-state index contributed by atoms with van der Waals surface area (Å²) in [7, 11) is 1.55. The summed E-state index contributed by atoms with van der Waals surface area (Å²) in [6.07, 6.45) is 5.68. The first-order chi connectivity index (χ1) is 6.36. The first-order valence-electron chi connectivity index (χ1n) is 3.81. The second kappa shape index (κ2) is 2.90. The Kier molecular flexibility index (Phi) is 1.73. The normalized spacial score (nSPS) is 10.2. The van der Waals surface area contributed by atoms with Crippen LogP contribution >= 0.6 is 0 Å². The van der Waals surface area contributed by atoms with Crippen molar-refractivity contribution in [2.24, 2.45) is 0 Å². The van der Waals surface area contributed by atoms with Crippen molar-refractivity contribution < 1.29 is 9.53 Å². The molecule has 0 radical (unpaired) electrons. The number of carbonyl (C=O) groups is 1. The predicted molar refractivity (Wildman–Crippen MR) is 48.0 cm³/mol. The van der Waals surface area contributed by atoms with Crippen LogP contribution in [0.2, 0.25) is 0 Å². The van der Waals surface area contributed by atoms with E-state index in [-0.39, 0.29) is 0 Å². The van der Waals surface area contributed by atoms with Crippen molar-refractivity contribution in [1.29, 1.82) is 0 Å². The lowest BCUT2D eigenvalue weighted by atomic mass is 10.2. The van der Waals surface area contributed by atoms with Gasteiger partial charge in [-0.2, -0.15) is 0 Å². The monoisotopic (exact) mass is 176 g/mol. The molecule has 2 heterocycles. The number of ether oxygens (including phenoxy) is 1. The highest BCUT2D eigenvalue weighted by Gasteiger charge is 2.07. The number of nitrogens with one attached hydrogen (secondary N) is 1. The predicted octanol–water partition coefficient (Wildman–Crippen LogP) is 1.38. The molecule has 2 rings (SSSR count). The third-order valence-electron chi connectivity index (χ3n) is 1.93. The van der Waals surface area contributed by atoms with E-state index in [0.29, 0.717) is 11.3 Å². The summed E-state index contributed by atoms with van der Waals surface area (Å²) in [6.45, 7) is 0. The molecule has 2 aromatic rings. The van der Waals surface area contributed by atoms with Gasteiger partial charge >= 0.3 is 0 Å². The van der Waals surface area contributed by atoms with E-state index in [1.165, 1.54) is 0 Å². The van der Waals surface area contributed by atoms with Crippen molar-refractivity contribution in [3.8, 4) is 5.75 Å². The fraction of sp³-hybridized carbons (Fsp3) is 0.111. The molecule has 66 valence electrons. The number of aldehydes is 1. The summed E-state index contributed by atoms with van der Waals surface area (Å²) in [4.78, 5) is 17.6. The van der Waals surface area contributed by atoms with E-state index >= 15 is 0 Å². The number of carbonyl (C=O) groups excluding carboxylic acids is 1. The van der Waals surface area contributed by atoms with Crippen molar-refractivity contribution in [1.82, 2.24) is 9.97 Å². The highest BCUT2D eigenvalue weighted by molar-refractivity contribution is 6.00. The minimum Gasteiger partial charge on any atom is -0.494 e. The molecule has 0 saturated heterocycles. The number of methoxy groups -OCH3 is 1. The Hall–Kier alpha value is -1.84. The van der Waals surface area contributed by atoms with Crippen LogP contribution < -0.4 is 4.74 Å². The molecular formula is C9H8N2O2. The van der Waals surface area contributed by atoms with Crippen LogP contribution in [0.1, 0.15) is 10.4 Å². The maximum atomic E-state index is 10.7. The van der Waals surface area contributed by atoms with Gasteiger partial charge in [0.05, 0.1) is 30.4 Å². The van der Waals surface area contributed by atoms with Gasteiger partial charge in [-0.15, -0.1) is 0 Å². The lowest BCUT2D eigenvalue weighted by molar-refractivity contribution is 0.112. The molecule has 0 saturated carbocycles. The third-order valence-corrected chi connectivity index (χ3v) is 1.93. The van der Waals surface area contributed by atoms with Crippen molar-refractivity contribution in [3.63, 3.8) is 0 Å². The average Bonchev–Trinajstić information content (AvgIpc) is 2.60. The highest BCUT2D eigenvalue weighted by Crippen LogP contribution is 2.25. The minimum absolute atomic E-state index is 0.592. The Bertz CT molecular complexity index is 448. The van der Waals surface area contributed by atoms with E-state index in [2.05, 4.69) is 9.97 Å². The summed E-state index contributed by atoms with van der Waals surface area (Å²) in [5.74, 6) is 0.612. The molecule has 0 aliphatic heterocycles. The molecule has 0 aromatic carbocycles. The second-order valence-electron chi connectivity index (χ2n) is 2.63. The van der Waals surface area contributed by atoms with Crippen LogP contribution in [-0.4, -0.2) is 23.4 Å². The zero-order chi connectivity index (χ0) is 9.26. The van der Waals surface area contributed by atoms with Crippen molar-refractivity contribution >= 4 is 17.2 Å². The van der Waals surface area contributed by atoms with Crippen LogP contribution in [-0.2, 0) is 0 Å². The Balaban J connectivity index is 2.83. The van der Waals surface area contributed by atoms with Gasteiger partial charge in [-0.3, -0.25) is 9.78 Å². The molecule has 0 bridgehead atoms. The second-order valence-corrected chi connectivity index (χ2v) is 2.63. The first-order valence-corrected chi connectivity index (χ1v) is 3.81. The van der Waals surface area contributed by atoms with Crippen LogP contribution in [0, 0.1) is 0 Å². The van der Waals surface area contributed by atoms with Gasteiger partial charge in [0.25, 0.3) is 0 Å². The maximum absolute atomic E-state index is 10.7. The van der Waals surface area contributed by atoms with Gasteiger partial charge in [0.1, 0.15) is 5.75 Å². The van der Waals surface area contributed by atoms with E-state index in [4.69, 9.17) is 4.74 Å². The summed E-state index contributed by atoms with van der Waals surface area (Å²) < 4.78 is 5.09. The number of aromatic amines is 1. The van der Waals surface area contributed by atoms with E-state index in [0.717, 1.165) is 17.2 Å². The largest absolute Gasteiger partial charge is 0.494 e. The Morgan fingerprint density at radius 2 is 2.38 bits per heavy atom. The third kappa shape index (κ3) is 1.07. The van der Waals surface area contributed by atoms with Gasteiger partial charge in [-0.25, -0.2) is 0 Å². The number of aromatic nitrogens is 2. The molecule has 13 heavy (non-hydrogen) atoms. The van der Waals surface area contributed by atoms with Gasteiger partial charge in [-0.05, 0) is 0 Å². The van der Waals surface area contributed by atoms with Gasteiger partial charge in [0, 0.05) is 11.8 Å². The Morgan fingerprint density at radius 3 is 3.08 bits per heavy atom. The number of H-pyrrole nitrogens is 1. The molecule has 0 spiro atoms. The van der Waals surface area contributed by atoms with Crippen LogP contribution in [0.15, 0.2) is 18.6 Å². The van der Waals surface area contributed by atoms with Crippen LogP contribution in [0.3, 0.4) is 0 Å². The van der Waals surface area contributed by atoms with E-state index in [1.54, 1.807) is 25.7 Å². The SMILES string of the molecule is COc1cncc2[nH]cc(C=O)c12. The number of hydrogen-bond acceptors (Lipinski definition) is 3. The lowest BCUT2D eigenvalue weighted by Gasteiger charge is -2.00. The molecule has 0 unspecified atom stereocenters. The van der Waals surface area contributed by atoms with Crippen molar-refractivity contribution in [2.75, 3.05) is 7.11 Å². The number of pyridine rings is 1. The molecule has 1 N–H and O–H groups in total. The average molecular weight is 176 g/mol. The number of rotatable bonds is 2. The molecule has 0 fully saturated rings. The van der Waals surface area contributed by atoms with E-state index < -0.39 is 0 Å². The van der Waals surface area contributed by atoms with Gasteiger partial charge in [-0.1, -0.05) is 0 Å². The Morgan fingerprint density at radius 1 is 1.54 bits per heavy atom. The zero-order valence-electron chi connectivity index (χ0n) is 7.07. The van der Waals surface area contributed by atoms with Gasteiger partial charge < -0.3 is 9.72 Å². The summed E-state index contributed by atoms with van der Waals surface area (Å²) in [5.41, 5.74) is 1.40. The lowest BCUT2D eigenvalue weighted by Crippen LogP contribution is -1.86. The zero-order valence-corrected chi connectivity index (χ0v) is 7.07. The summed E-state index contributed by atoms with van der Waals surface area (Å²) in [5, 5.41) is 0.785. The quantitative estimate of drug-likeness (QED) is 0.703. The molecule has 2 aromatic heterocycles. The number of fused-ring (bicyclic) bond motifs is 1. The van der Waals surface area contributed by atoms with Crippen LogP contribution in [0.25, 0.3) is 10.9 Å². The number of nitrogens with zero attached hydrogens (tertiary/aromatic N) is 1. The van der Waals surface area contributed by atoms with Gasteiger partial charge in [0.2, 0.25) is 0 Å². The van der Waals surface area contributed by atoms with Crippen LogP contribution in [0.4, 0.5) is 0 Å². The molecule has 4 heteroatoms. The maximum Gasteiger partial charge on any atom is 0.152 e. The fourth-order valence-corrected chi connectivity index (χ4v) is 1.32. The van der Waals surface area contributed by atoms with E-state index in [9.17, 15) is 4.79 Å². The minimum atomic E-state index is 0.592. The number of hydrogen-bond donors (Lipinski definition) is 1. The molecule has 0 aliphatic rings. The van der Waals surface area contributed by atoms with Crippen LogP contribution in [0.5, 0.6) is 5.75 Å². The van der Waals surface area contributed by atoms with Gasteiger partial charge in [0.15, 0.2) is 6.29 Å². The fourth-order valence-electron chi connectivity index (χ4n) is 1.32. The molecule has 0 atom stereocenters. The molecule has 0 aliphatic carbocycles. The van der Waals surface area contributed by atoms with Crippen molar-refractivity contribution in [3.05, 3.63) is 24.2 Å². The topological polar surface area (TPSA) is 55.0 Å². The summed E-state index contributed by atoms with van der Waals surface area (Å²) >= 11 is 0. The highest BCUT2D eigenvalue weighted by atomic mass is 16.5. The molecule has 0 amide bonds. The smallest absolute Gasteiger partial charge is 0.152 e. The standard InChI is InChI=1S/C9H8N2O2/c1-13-8-4-10-3-7-9(8)6(5-12)2-11-7/h2-5,11H,1H3. The Labute approximate surface area is 74.5 Å². The molecule has 4 nitrogen and oxygen atoms in total.